The Morgan fingerprint density at radius 1 is 1.10 bits per heavy atom. The summed E-state index contributed by atoms with van der Waals surface area (Å²) in [4.78, 5) is 24.2. The molecule has 0 unspecified atom stereocenters. The molecule has 0 spiro atoms. The second-order valence-electron chi connectivity index (χ2n) is 8.67. The van der Waals surface area contributed by atoms with E-state index in [0.29, 0.717) is 5.39 Å². The van der Waals surface area contributed by atoms with Gasteiger partial charge in [-0.3, -0.25) is 0 Å². The summed E-state index contributed by atoms with van der Waals surface area (Å²) in [7, 11) is -4.03. The van der Waals surface area contributed by atoms with E-state index in [1.165, 1.54) is 12.1 Å². The minimum absolute atomic E-state index is 0.129. The Kier molecular flexibility index (Phi) is 6.45. The lowest BCUT2D eigenvalue weighted by Crippen LogP contribution is -2.37. The van der Waals surface area contributed by atoms with Crippen LogP contribution in [-0.2, 0) is 25.9 Å². The highest BCUT2D eigenvalue weighted by Gasteiger charge is 2.25. The Morgan fingerprint density at radius 2 is 1.70 bits per heavy atom. The highest BCUT2D eigenvalue weighted by molar-refractivity contribution is 7.90. The van der Waals surface area contributed by atoms with E-state index in [4.69, 9.17) is 9.47 Å². The Balaban J connectivity index is 2.26. The molecule has 1 aromatic carbocycles. The second-order valence-corrected chi connectivity index (χ2v) is 10.5. The summed E-state index contributed by atoms with van der Waals surface area (Å²) in [6.07, 6.45) is -2.04. The van der Waals surface area contributed by atoms with E-state index in [9.17, 15) is 22.4 Å². The molecule has 0 fully saturated rings. The van der Waals surface area contributed by atoms with Gasteiger partial charge in [0.15, 0.2) is 0 Å². The van der Waals surface area contributed by atoms with Crippen molar-refractivity contribution in [3.05, 3.63) is 29.7 Å². The number of rotatable bonds is 4. The lowest BCUT2D eigenvalue weighted by Gasteiger charge is -2.19. The summed E-state index contributed by atoms with van der Waals surface area (Å²) in [5.41, 5.74) is -1.27. The zero-order valence-electron chi connectivity index (χ0n) is 17.8. The molecule has 166 valence electrons. The largest absolute Gasteiger partial charge is 0.443 e. The normalized spacial score (nSPS) is 12.6. The summed E-state index contributed by atoms with van der Waals surface area (Å²) in [6.45, 7) is 9.84. The van der Waals surface area contributed by atoms with Gasteiger partial charge in [-0.15, -0.1) is 0 Å². The number of ether oxygens (including phenoxy) is 2. The molecule has 2 rings (SSSR count). The van der Waals surface area contributed by atoms with Crippen LogP contribution in [0.3, 0.4) is 0 Å². The van der Waals surface area contributed by atoms with Crippen LogP contribution < -0.4 is 4.72 Å². The molecule has 0 atom stereocenters. The Morgan fingerprint density at radius 3 is 2.27 bits per heavy atom. The molecule has 0 aliphatic heterocycles. The van der Waals surface area contributed by atoms with E-state index < -0.39 is 45.0 Å². The van der Waals surface area contributed by atoms with Gasteiger partial charge in [0.05, 0.1) is 17.0 Å². The average Bonchev–Trinajstić information content (AvgIpc) is 2.87. The fourth-order valence-electron chi connectivity index (χ4n) is 2.49. The fourth-order valence-corrected chi connectivity index (χ4v) is 3.35. The summed E-state index contributed by atoms with van der Waals surface area (Å²) in [5, 5.41) is 4.52. The minimum Gasteiger partial charge on any atom is -0.443 e. The van der Waals surface area contributed by atoms with Crippen molar-refractivity contribution in [2.75, 3.05) is 5.75 Å². The van der Waals surface area contributed by atoms with E-state index >= 15 is 0 Å². The van der Waals surface area contributed by atoms with Crippen molar-refractivity contribution in [1.82, 2.24) is 14.5 Å². The van der Waals surface area contributed by atoms with Crippen LogP contribution in [0, 0.1) is 5.82 Å². The first-order valence-corrected chi connectivity index (χ1v) is 10.9. The van der Waals surface area contributed by atoms with Gasteiger partial charge in [0.2, 0.25) is 10.0 Å². The standard InChI is InChI=1S/C19H26FN3O6S/c1-18(2,3)28-16(24)22-30(26,27)10-9-14-13-8-7-12(20)11-15(13)23(21-14)17(25)29-19(4,5)6/h7-8,11H,9-10H2,1-6H3,(H,22,24). The number of nitrogens with zero attached hydrogens (tertiary/aromatic N) is 2. The number of amides is 1. The number of aryl methyl sites for hydroxylation is 1. The van der Waals surface area contributed by atoms with E-state index in [0.717, 1.165) is 10.7 Å². The van der Waals surface area contributed by atoms with Gasteiger partial charge in [0.25, 0.3) is 0 Å². The molecule has 0 aliphatic carbocycles. The summed E-state index contributed by atoms with van der Waals surface area (Å²) in [5.74, 6) is -1.08. The summed E-state index contributed by atoms with van der Waals surface area (Å²) >= 11 is 0. The number of sulfonamides is 1. The molecule has 1 N–H and O–H groups in total. The van der Waals surface area contributed by atoms with Crippen LogP contribution in [0.15, 0.2) is 18.2 Å². The van der Waals surface area contributed by atoms with Crippen LogP contribution in [-0.4, -0.2) is 47.3 Å². The maximum Gasteiger partial charge on any atom is 0.435 e. The SMILES string of the molecule is CC(C)(C)OC(=O)NS(=O)(=O)CCc1nn(C(=O)OC(C)(C)C)c2cc(F)ccc12. The Bertz CT molecular complexity index is 1060. The third kappa shape index (κ3) is 6.68. The van der Waals surface area contributed by atoms with Crippen LogP contribution in [0.2, 0.25) is 0 Å². The van der Waals surface area contributed by atoms with Crippen molar-refractivity contribution in [2.24, 2.45) is 0 Å². The Labute approximate surface area is 174 Å². The first-order valence-electron chi connectivity index (χ1n) is 9.20. The predicted molar refractivity (Wildman–Crippen MR) is 108 cm³/mol. The number of halogens is 1. The van der Waals surface area contributed by atoms with Gasteiger partial charge in [0, 0.05) is 17.9 Å². The fraction of sp³-hybridized carbons (Fsp3) is 0.526. The van der Waals surface area contributed by atoms with Crippen molar-refractivity contribution in [2.45, 2.75) is 59.2 Å². The van der Waals surface area contributed by atoms with Crippen molar-refractivity contribution >= 4 is 33.1 Å². The van der Waals surface area contributed by atoms with Gasteiger partial charge in [0.1, 0.15) is 17.0 Å². The number of aromatic nitrogens is 2. The number of hydrogen-bond donors (Lipinski definition) is 1. The highest BCUT2D eigenvalue weighted by atomic mass is 32.2. The van der Waals surface area contributed by atoms with E-state index in [1.807, 2.05) is 4.72 Å². The molecule has 11 heteroatoms. The molecular formula is C19H26FN3O6S. The number of benzene rings is 1. The molecule has 1 aromatic heterocycles. The van der Waals surface area contributed by atoms with Crippen molar-refractivity contribution in [3.8, 4) is 0 Å². The monoisotopic (exact) mass is 443 g/mol. The Hall–Kier alpha value is -2.69. The number of fused-ring (bicyclic) bond motifs is 1. The van der Waals surface area contributed by atoms with Crippen LogP contribution in [0.4, 0.5) is 14.0 Å². The molecular weight excluding hydrogens is 417 g/mol. The van der Waals surface area contributed by atoms with E-state index in [1.54, 1.807) is 41.5 Å². The number of carbonyl (C=O) groups is 2. The predicted octanol–water partition coefficient (Wildman–Crippen LogP) is 3.36. The third-order valence-corrected chi connectivity index (χ3v) is 4.75. The van der Waals surface area contributed by atoms with Crippen molar-refractivity contribution < 1.29 is 31.9 Å². The van der Waals surface area contributed by atoms with Crippen LogP contribution in [0.25, 0.3) is 10.9 Å². The lowest BCUT2D eigenvalue weighted by atomic mass is 10.2. The van der Waals surface area contributed by atoms with Gasteiger partial charge in [-0.1, -0.05) is 0 Å². The second kappa shape index (κ2) is 8.21. The zero-order valence-corrected chi connectivity index (χ0v) is 18.6. The number of carbonyl (C=O) groups excluding carboxylic acids is 2. The number of hydrogen-bond acceptors (Lipinski definition) is 7. The van der Waals surface area contributed by atoms with Gasteiger partial charge in [-0.2, -0.15) is 9.78 Å². The van der Waals surface area contributed by atoms with Gasteiger partial charge >= 0.3 is 12.2 Å². The smallest absolute Gasteiger partial charge is 0.435 e. The lowest BCUT2D eigenvalue weighted by molar-refractivity contribution is 0.0519. The molecule has 1 heterocycles. The third-order valence-electron chi connectivity index (χ3n) is 3.53. The molecule has 2 aromatic rings. The maximum absolute atomic E-state index is 13.7. The van der Waals surface area contributed by atoms with E-state index in [2.05, 4.69) is 5.10 Å². The van der Waals surface area contributed by atoms with E-state index in [-0.39, 0.29) is 17.6 Å². The van der Waals surface area contributed by atoms with Gasteiger partial charge < -0.3 is 9.47 Å². The zero-order chi connectivity index (χ0) is 22.9. The van der Waals surface area contributed by atoms with Crippen molar-refractivity contribution in [3.63, 3.8) is 0 Å². The first-order chi connectivity index (χ1) is 13.6. The highest BCUT2D eigenvalue weighted by Crippen LogP contribution is 2.22. The maximum atomic E-state index is 13.7. The number of nitrogens with one attached hydrogen (secondary N) is 1. The van der Waals surface area contributed by atoms with Gasteiger partial charge in [-0.05, 0) is 53.7 Å². The molecule has 30 heavy (non-hydrogen) atoms. The van der Waals surface area contributed by atoms with Crippen LogP contribution >= 0.6 is 0 Å². The summed E-state index contributed by atoms with van der Waals surface area (Å²) < 4.78 is 51.1. The van der Waals surface area contributed by atoms with Crippen LogP contribution in [0.5, 0.6) is 0 Å². The molecule has 0 saturated carbocycles. The van der Waals surface area contributed by atoms with Gasteiger partial charge in [-0.25, -0.2) is 27.1 Å². The van der Waals surface area contributed by atoms with Crippen LogP contribution in [0.1, 0.15) is 47.2 Å². The quantitative estimate of drug-likeness (QED) is 0.770. The topological polar surface area (TPSA) is 117 Å². The van der Waals surface area contributed by atoms with Crippen molar-refractivity contribution in [1.29, 1.82) is 0 Å². The average molecular weight is 443 g/mol. The summed E-state index contributed by atoms with van der Waals surface area (Å²) in [6, 6.07) is 3.70. The molecule has 9 nitrogen and oxygen atoms in total. The molecule has 0 bridgehead atoms. The molecule has 0 saturated heterocycles. The molecule has 1 amide bonds. The molecule has 0 aliphatic rings. The molecule has 0 radical (unpaired) electrons. The first kappa shape index (κ1) is 23.6. The minimum atomic E-state index is -4.03.